The summed E-state index contributed by atoms with van der Waals surface area (Å²) >= 11 is 0. The van der Waals surface area contributed by atoms with Gasteiger partial charge in [0.2, 0.25) is 0 Å². The molecule has 142 valence electrons. The van der Waals surface area contributed by atoms with Crippen LogP contribution >= 0.6 is 24.0 Å². The van der Waals surface area contributed by atoms with E-state index in [9.17, 15) is 0 Å². The number of likely N-dealkylation sites (N-methyl/N-ethyl adjacent to an activating group) is 1. The van der Waals surface area contributed by atoms with E-state index in [1.54, 1.807) is 7.11 Å². The van der Waals surface area contributed by atoms with E-state index in [0.29, 0.717) is 0 Å². The first-order valence-electron chi connectivity index (χ1n) is 8.37. The number of guanidine groups is 1. The number of rotatable bonds is 9. The molecule has 5 nitrogen and oxygen atoms in total. The van der Waals surface area contributed by atoms with Crippen LogP contribution in [0.5, 0.6) is 5.75 Å². The lowest BCUT2D eigenvalue weighted by Crippen LogP contribution is -2.43. The number of nitrogens with one attached hydrogen (secondary N) is 1. The van der Waals surface area contributed by atoms with Crippen LogP contribution in [-0.2, 0) is 0 Å². The van der Waals surface area contributed by atoms with E-state index >= 15 is 0 Å². The van der Waals surface area contributed by atoms with Gasteiger partial charge in [0.25, 0.3) is 0 Å². The number of aliphatic imine (C=N–C) groups is 1. The Morgan fingerprint density at radius 1 is 1.32 bits per heavy atom. The minimum absolute atomic E-state index is 0. The van der Waals surface area contributed by atoms with Gasteiger partial charge in [0.1, 0.15) is 5.75 Å². The molecule has 0 aromatic heterocycles. The first-order valence-corrected chi connectivity index (χ1v) is 8.37. The molecule has 6 heteroatoms. The second-order valence-corrected chi connectivity index (χ2v) is 6.00. The van der Waals surface area contributed by atoms with Crippen LogP contribution in [0, 0.1) is 0 Å². The summed E-state index contributed by atoms with van der Waals surface area (Å²) in [5, 5.41) is 3.48. The SMILES string of the molecule is C=CCCCN(C)C(=NC)NCC(c1ccccc1OC)N(C)C.I. The lowest BCUT2D eigenvalue weighted by Gasteiger charge is -2.29. The molecule has 1 aromatic carbocycles. The van der Waals surface area contributed by atoms with E-state index in [2.05, 4.69) is 53.9 Å². The van der Waals surface area contributed by atoms with Gasteiger partial charge in [0.15, 0.2) is 5.96 Å². The second kappa shape index (κ2) is 13.0. The molecule has 0 aliphatic heterocycles. The van der Waals surface area contributed by atoms with Crippen molar-refractivity contribution >= 4 is 29.9 Å². The summed E-state index contributed by atoms with van der Waals surface area (Å²) in [7, 11) is 9.75. The van der Waals surface area contributed by atoms with E-state index < -0.39 is 0 Å². The Balaban J connectivity index is 0.00000576. The number of ether oxygens (including phenoxy) is 1. The highest BCUT2D eigenvalue weighted by atomic mass is 127. The van der Waals surface area contributed by atoms with Crippen LogP contribution in [-0.4, -0.2) is 64.1 Å². The Morgan fingerprint density at radius 2 is 2.00 bits per heavy atom. The average molecular weight is 460 g/mol. The molecule has 0 spiro atoms. The predicted molar refractivity (Wildman–Crippen MR) is 118 cm³/mol. The van der Waals surface area contributed by atoms with Gasteiger partial charge in [-0.25, -0.2) is 0 Å². The van der Waals surface area contributed by atoms with Crippen molar-refractivity contribution in [2.75, 3.05) is 48.4 Å². The van der Waals surface area contributed by atoms with Gasteiger partial charge in [-0.05, 0) is 33.0 Å². The van der Waals surface area contributed by atoms with Crippen LogP contribution < -0.4 is 10.1 Å². The maximum absolute atomic E-state index is 5.52. The van der Waals surface area contributed by atoms with Gasteiger partial charge in [0.05, 0.1) is 13.2 Å². The Kier molecular flexibility index (Phi) is 12.3. The second-order valence-electron chi connectivity index (χ2n) is 6.00. The van der Waals surface area contributed by atoms with Crippen LogP contribution in [0.3, 0.4) is 0 Å². The molecule has 1 rings (SSSR count). The molecule has 0 amide bonds. The molecule has 0 aliphatic carbocycles. The lowest BCUT2D eigenvalue weighted by molar-refractivity contribution is 0.285. The Hall–Kier alpha value is -1.28. The van der Waals surface area contributed by atoms with Gasteiger partial charge in [-0.1, -0.05) is 24.3 Å². The van der Waals surface area contributed by atoms with Crippen molar-refractivity contribution in [2.24, 2.45) is 4.99 Å². The van der Waals surface area contributed by atoms with Crippen molar-refractivity contribution in [2.45, 2.75) is 18.9 Å². The van der Waals surface area contributed by atoms with Gasteiger partial charge in [-0.3, -0.25) is 4.99 Å². The van der Waals surface area contributed by atoms with Crippen molar-refractivity contribution < 1.29 is 4.74 Å². The van der Waals surface area contributed by atoms with Crippen LogP contribution in [0.2, 0.25) is 0 Å². The molecule has 0 aliphatic rings. The zero-order valence-corrected chi connectivity index (χ0v) is 18.5. The molecule has 0 saturated heterocycles. The van der Waals surface area contributed by atoms with Crippen molar-refractivity contribution in [3.63, 3.8) is 0 Å². The number of methoxy groups -OCH3 is 1. The lowest BCUT2D eigenvalue weighted by atomic mass is 10.0. The third kappa shape index (κ3) is 7.64. The molecule has 0 heterocycles. The van der Waals surface area contributed by atoms with Crippen LogP contribution in [0.1, 0.15) is 24.4 Å². The summed E-state index contributed by atoms with van der Waals surface area (Å²) < 4.78 is 5.52. The average Bonchev–Trinajstić information content (AvgIpc) is 2.58. The first kappa shape index (κ1) is 23.7. The van der Waals surface area contributed by atoms with Gasteiger partial charge in [-0.15, -0.1) is 30.6 Å². The molecule has 1 aromatic rings. The monoisotopic (exact) mass is 460 g/mol. The third-order valence-corrected chi connectivity index (χ3v) is 4.05. The van der Waals surface area contributed by atoms with Gasteiger partial charge in [0, 0.05) is 32.7 Å². The number of allylic oxidation sites excluding steroid dienone is 1. The number of benzene rings is 1. The van der Waals surface area contributed by atoms with E-state index in [4.69, 9.17) is 4.74 Å². The molecular formula is C19H33IN4O. The molecule has 25 heavy (non-hydrogen) atoms. The highest BCUT2D eigenvalue weighted by Crippen LogP contribution is 2.27. The summed E-state index contributed by atoms with van der Waals surface area (Å²) in [6.07, 6.45) is 4.04. The van der Waals surface area contributed by atoms with Crippen LogP contribution in [0.15, 0.2) is 41.9 Å². The van der Waals surface area contributed by atoms with Crippen molar-refractivity contribution in [3.8, 4) is 5.75 Å². The van der Waals surface area contributed by atoms with E-state index in [1.165, 1.54) is 5.56 Å². The minimum atomic E-state index is 0. The number of para-hydroxylation sites is 1. The quantitative estimate of drug-likeness (QED) is 0.202. The maximum atomic E-state index is 5.52. The molecule has 0 saturated carbocycles. The smallest absolute Gasteiger partial charge is 0.193 e. The van der Waals surface area contributed by atoms with Gasteiger partial charge >= 0.3 is 0 Å². The highest BCUT2D eigenvalue weighted by Gasteiger charge is 2.19. The third-order valence-electron chi connectivity index (χ3n) is 4.05. The standard InChI is InChI=1S/C19H32N4O.HI/c1-7-8-11-14-23(5)19(20-2)21-15-17(22(3)4)16-12-9-10-13-18(16)24-6;/h7,9-10,12-13,17H,1,8,11,14-15H2,2-6H3,(H,20,21);1H. The van der Waals surface area contributed by atoms with Crippen molar-refractivity contribution in [1.29, 1.82) is 0 Å². The number of unbranched alkanes of at least 4 members (excludes halogenated alkanes) is 1. The predicted octanol–water partition coefficient (Wildman–Crippen LogP) is 3.39. The van der Waals surface area contributed by atoms with Gasteiger partial charge in [-0.2, -0.15) is 0 Å². The molecule has 0 fully saturated rings. The Labute approximate surface area is 170 Å². The van der Waals surface area contributed by atoms with E-state index in [0.717, 1.165) is 37.6 Å². The van der Waals surface area contributed by atoms with Crippen molar-refractivity contribution in [1.82, 2.24) is 15.1 Å². The topological polar surface area (TPSA) is 40.1 Å². The molecular weight excluding hydrogens is 427 g/mol. The fraction of sp³-hybridized carbons (Fsp3) is 0.526. The summed E-state index contributed by atoms with van der Waals surface area (Å²) in [5.74, 6) is 1.81. The van der Waals surface area contributed by atoms with Crippen LogP contribution in [0.4, 0.5) is 0 Å². The Bertz CT molecular complexity index is 534. The van der Waals surface area contributed by atoms with Crippen LogP contribution in [0.25, 0.3) is 0 Å². The maximum Gasteiger partial charge on any atom is 0.193 e. The molecule has 0 bridgehead atoms. The van der Waals surface area contributed by atoms with E-state index in [1.807, 2.05) is 31.3 Å². The highest BCUT2D eigenvalue weighted by molar-refractivity contribution is 14.0. The molecule has 0 radical (unpaired) electrons. The zero-order valence-electron chi connectivity index (χ0n) is 16.2. The summed E-state index contributed by atoms with van der Waals surface area (Å²) in [6.45, 7) is 5.48. The summed E-state index contributed by atoms with van der Waals surface area (Å²) in [6, 6.07) is 8.35. The summed E-state index contributed by atoms with van der Waals surface area (Å²) in [4.78, 5) is 8.73. The first-order chi connectivity index (χ1) is 11.5. The number of hydrogen-bond acceptors (Lipinski definition) is 3. The normalized spacial score (nSPS) is 12.3. The molecule has 1 N–H and O–H groups in total. The number of hydrogen-bond donors (Lipinski definition) is 1. The largest absolute Gasteiger partial charge is 0.496 e. The number of halogens is 1. The molecule has 1 atom stereocenters. The summed E-state index contributed by atoms with van der Waals surface area (Å²) in [5.41, 5.74) is 1.17. The van der Waals surface area contributed by atoms with E-state index in [-0.39, 0.29) is 30.0 Å². The fourth-order valence-corrected chi connectivity index (χ4v) is 2.66. The number of nitrogens with zero attached hydrogens (tertiary/aromatic N) is 3. The Morgan fingerprint density at radius 3 is 2.56 bits per heavy atom. The van der Waals surface area contributed by atoms with Gasteiger partial charge < -0.3 is 19.9 Å². The van der Waals surface area contributed by atoms with Crippen molar-refractivity contribution in [3.05, 3.63) is 42.5 Å². The molecule has 1 unspecified atom stereocenters. The minimum Gasteiger partial charge on any atom is -0.496 e. The zero-order chi connectivity index (χ0) is 17.9. The fourth-order valence-electron chi connectivity index (χ4n) is 2.66.